The molecule has 198 valence electrons. The van der Waals surface area contributed by atoms with Crippen molar-refractivity contribution in [2.45, 2.75) is 50.7 Å². The molecule has 0 radical (unpaired) electrons. The Morgan fingerprint density at radius 1 is 1.22 bits per heavy atom. The third kappa shape index (κ3) is 4.13. The molecule has 3 aliphatic carbocycles. The topological polar surface area (TPSA) is 155 Å². The molecule has 4 rings (SSSR count). The van der Waals surface area contributed by atoms with Crippen LogP contribution < -0.4 is 5.73 Å². The minimum absolute atomic E-state index is 0.00622. The number of carbonyl (C=O) groups excluding carboxylic acids is 5. The van der Waals surface area contributed by atoms with Crippen molar-refractivity contribution in [1.29, 1.82) is 0 Å². The third-order valence-corrected chi connectivity index (χ3v) is 8.36. The molecule has 1 amide bonds. The molecule has 0 aromatic heterocycles. The molecule has 1 aromatic carbocycles. The van der Waals surface area contributed by atoms with E-state index in [4.69, 9.17) is 17.3 Å². The SMILES string of the molecule is CCCC/C(Cl)=C/c1ccc(O)c2c1C[C@H]1C[C@H]3[C@H](N(C)C)C(=O)C(C(N)=O)C(=O)[C@@]3(O)C(=O)C1C2=O. The van der Waals surface area contributed by atoms with Gasteiger partial charge in [0.25, 0.3) is 0 Å². The van der Waals surface area contributed by atoms with Crippen molar-refractivity contribution >= 4 is 46.7 Å². The maximum atomic E-state index is 13.8. The molecule has 0 saturated heterocycles. The first-order valence-electron chi connectivity index (χ1n) is 12.4. The van der Waals surface area contributed by atoms with Gasteiger partial charge in [-0.2, -0.15) is 0 Å². The Morgan fingerprint density at radius 3 is 2.49 bits per heavy atom. The molecular formula is C27H31ClN2O7. The number of Topliss-reactive ketones (excluding diaryl/α,β-unsaturated/α-hetero) is 4. The van der Waals surface area contributed by atoms with Gasteiger partial charge in [-0.1, -0.05) is 31.0 Å². The summed E-state index contributed by atoms with van der Waals surface area (Å²) >= 11 is 6.42. The molecule has 0 spiro atoms. The molecular weight excluding hydrogens is 500 g/mol. The van der Waals surface area contributed by atoms with Crippen molar-refractivity contribution in [2.75, 3.05) is 14.1 Å². The summed E-state index contributed by atoms with van der Waals surface area (Å²) in [5, 5.41) is 22.8. The number of fused-ring (bicyclic) bond motifs is 3. The number of primary amides is 1. The number of phenols is 1. The summed E-state index contributed by atoms with van der Waals surface area (Å²) < 4.78 is 0. The van der Waals surface area contributed by atoms with Crippen LogP contribution in [-0.4, -0.2) is 69.9 Å². The number of allylic oxidation sites excluding steroid dienone is 1. The van der Waals surface area contributed by atoms with Gasteiger partial charge in [0.1, 0.15) is 5.75 Å². The lowest BCUT2D eigenvalue weighted by molar-refractivity contribution is -0.181. The minimum atomic E-state index is -2.73. The van der Waals surface area contributed by atoms with Gasteiger partial charge >= 0.3 is 0 Å². The summed E-state index contributed by atoms with van der Waals surface area (Å²) in [5.74, 6) is -10.6. The van der Waals surface area contributed by atoms with Gasteiger partial charge in [0.05, 0.1) is 17.5 Å². The maximum Gasteiger partial charge on any atom is 0.235 e. The zero-order chi connectivity index (χ0) is 27.4. The van der Waals surface area contributed by atoms with Gasteiger partial charge in [-0.3, -0.25) is 28.9 Å². The van der Waals surface area contributed by atoms with Crippen molar-refractivity contribution in [3.05, 3.63) is 33.9 Å². The highest BCUT2D eigenvalue weighted by atomic mass is 35.5. The Balaban J connectivity index is 1.83. The second-order valence-electron chi connectivity index (χ2n) is 10.5. The number of likely N-dealkylation sites (N-methyl/N-ethyl adjacent to an activating group) is 1. The van der Waals surface area contributed by atoms with E-state index in [0.29, 0.717) is 22.6 Å². The number of rotatable bonds is 6. The molecule has 1 aromatic rings. The van der Waals surface area contributed by atoms with Gasteiger partial charge < -0.3 is 15.9 Å². The van der Waals surface area contributed by atoms with Crippen molar-refractivity contribution < 1.29 is 34.2 Å². The molecule has 37 heavy (non-hydrogen) atoms. The highest BCUT2D eigenvalue weighted by Crippen LogP contribution is 2.51. The average molecular weight is 531 g/mol. The van der Waals surface area contributed by atoms with E-state index in [1.807, 2.05) is 6.92 Å². The lowest BCUT2D eigenvalue weighted by Gasteiger charge is -2.52. The highest BCUT2D eigenvalue weighted by molar-refractivity contribution is 6.33. The number of phenolic OH excluding ortho intramolecular Hbond substituents is 1. The monoisotopic (exact) mass is 530 g/mol. The highest BCUT2D eigenvalue weighted by Gasteiger charge is 2.69. The van der Waals surface area contributed by atoms with Crippen LogP contribution in [-0.2, 0) is 25.6 Å². The van der Waals surface area contributed by atoms with Crippen LogP contribution >= 0.6 is 11.6 Å². The van der Waals surface area contributed by atoms with Crippen LogP contribution in [0.3, 0.4) is 0 Å². The number of benzene rings is 1. The second-order valence-corrected chi connectivity index (χ2v) is 11.0. The lowest BCUT2D eigenvalue weighted by atomic mass is 9.52. The van der Waals surface area contributed by atoms with E-state index in [9.17, 15) is 34.2 Å². The number of ketones is 4. The Labute approximate surface area is 219 Å². The molecule has 2 unspecified atom stereocenters. The first-order chi connectivity index (χ1) is 17.4. The third-order valence-electron chi connectivity index (χ3n) is 8.06. The lowest BCUT2D eigenvalue weighted by Crippen LogP contribution is -2.74. The average Bonchev–Trinajstić information content (AvgIpc) is 2.81. The van der Waals surface area contributed by atoms with E-state index in [1.54, 1.807) is 26.2 Å². The van der Waals surface area contributed by atoms with E-state index >= 15 is 0 Å². The summed E-state index contributed by atoms with van der Waals surface area (Å²) in [4.78, 5) is 67.4. The number of carbonyl (C=O) groups is 5. The predicted octanol–water partition coefficient (Wildman–Crippen LogP) is 1.64. The van der Waals surface area contributed by atoms with E-state index in [-0.39, 0.29) is 24.2 Å². The molecule has 2 saturated carbocycles. The predicted molar refractivity (Wildman–Crippen MR) is 135 cm³/mol. The number of hydrogen-bond acceptors (Lipinski definition) is 8. The maximum absolute atomic E-state index is 13.8. The van der Waals surface area contributed by atoms with Crippen molar-refractivity contribution in [1.82, 2.24) is 4.90 Å². The molecule has 0 aliphatic heterocycles. The number of halogens is 1. The van der Waals surface area contributed by atoms with Crippen LogP contribution in [0, 0.1) is 23.7 Å². The van der Waals surface area contributed by atoms with E-state index in [2.05, 4.69) is 0 Å². The molecule has 0 heterocycles. The zero-order valence-electron chi connectivity index (χ0n) is 21.0. The van der Waals surface area contributed by atoms with Gasteiger partial charge in [0.15, 0.2) is 34.7 Å². The van der Waals surface area contributed by atoms with E-state index < -0.39 is 64.4 Å². The second kappa shape index (κ2) is 9.78. The smallest absolute Gasteiger partial charge is 0.235 e. The number of hydrogen-bond donors (Lipinski definition) is 3. The number of unbranched alkanes of at least 4 members (excludes halogenated alkanes) is 1. The molecule has 9 nitrogen and oxygen atoms in total. The number of aromatic hydroxyl groups is 1. The summed E-state index contributed by atoms with van der Waals surface area (Å²) in [6, 6.07) is 1.88. The summed E-state index contributed by atoms with van der Waals surface area (Å²) in [6.45, 7) is 2.04. The Bertz CT molecular complexity index is 1240. The summed E-state index contributed by atoms with van der Waals surface area (Å²) in [6.07, 6.45) is 4.44. The van der Waals surface area contributed by atoms with E-state index in [0.717, 1.165) is 12.8 Å². The molecule has 4 N–H and O–H groups in total. The number of amides is 1. The van der Waals surface area contributed by atoms with Gasteiger partial charge in [0, 0.05) is 11.0 Å². The fourth-order valence-electron chi connectivity index (χ4n) is 6.35. The van der Waals surface area contributed by atoms with Gasteiger partial charge in [0.2, 0.25) is 5.91 Å². The Hall–Kier alpha value is -2.88. The first kappa shape index (κ1) is 27.2. The number of nitrogens with zero attached hydrogens (tertiary/aromatic N) is 1. The van der Waals surface area contributed by atoms with Crippen LogP contribution in [0.2, 0.25) is 0 Å². The zero-order valence-corrected chi connectivity index (χ0v) is 21.7. The van der Waals surface area contributed by atoms with Crippen LogP contribution in [0.25, 0.3) is 6.08 Å². The molecule has 2 fully saturated rings. The van der Waals surface area contributed by atoms with Crippen molar-refractivity contribution in [3.63, 3.8) is 0 Å². The minimum Gasteiger partial charge on any atom is -0.507 e. The Kier molecular flexibility index (Phi) is 7.18. The normalized spacial score (nSPS) is 31.7. The standard InChI is InChI=1S/C27H31ClN2O7/c1-4-5-6-14(28)9-12-7-8-17(31)19-15(12)10-13-11-16-21(30(2)3)23(33)20(26(29)36)25(35)27(16,37)24(34)18(13)22(19)32/h7-9,13,16,18,20-21,31,37H,4-6,10-11H2,1-3H3,(H2,29,36)/b14-9-/t13-,16-,18?,20?,21-,27-/m0/s1. The molecule has 3 aliphatic rings. The molecule has 6 atom stereocenters. The first-order valence-corrected chi connectivity index (χ1v) is 12.8. The van der Waals surface area contributed by atoms with Crippen LogP contribution in [0.4, 0.5) is 0 Å². The summed E-state index contributed by atoms with van der Waals surface area (Å²) in [7, 11) is 3.10. The summed E-state index contributed by atoms with van der Waals surface area (Å²) in [5.41, 5.74) is 3.73. The quantitative estimate of drug-likeness (QED) is 0.469. The van der Waals surface area contributed by atoms with Crippen molar-refractivity contribution in [3.8, 4) is 5.75 Å². The molecule has 0 bridgehead atoms. The van der Waals surface area contributed by atoms with Gasteiger partial charge in [-0.15, -0.1) is 0 Å². The van der Waals surface area contributed by atoms with Crippen LogP contribution in [0.1, 0.15) is 54.1 Å². The van der Waals surface area contributed by atoms with Gasteiger partial charge in [-0.25, -0.2) is 0 Å². The number of nitrogens with two attached hydrogens (primary N) is 1. The van der Waals surface area contributed by atoms with Crippen LogP contribution in [0.5, 0.6) is 5.75 Å². The fourth-order valence-corrected chi connectivity index (χ4v) is 6.60. The van der Waals surface area contributed by atoms with Crippen molar-refractivity contribution in [2.24, 2.45) is 29.4 Å². The largest absolute Gasteiger partial charge is 0.507 e. The fraction of sp³-hybridized carbons (Fsp3) is 0.519. The van der Waals surface area contributed by atoms with Crippen LogP contribution in [0.15, 0.2) is 17.2 Å². The van der Waals surface area contributed by atoms with Gasteiger partial charge in [-0.05, 0) is 69.0 Å². The number of aliphatic hydroxyl groups is 1. The Morgan fingerprint density at radius 2 is 1.89 bits per heavy atom. The van der Waals surface area contributed by atoms with E-state index in [1.165, 1.54) is 11.0 Å². The molecule has 10 heteroatoms.